The highest BCUT2D eigenvalue weighted by Crippen LogP contribution is 2.29. The average Bonchev–Trinajstić information content (AvgIpc) is 3.03. The van der Waals surface area contributed by atoms with Crippen LogP contribution in [0.3, 0.4) is 0 Å². The average molecular weight is 357 g/mol. The lowest BCUT2D eigenvalue weighted by Crippen LogP contribution is -2.03. The molecule has 0 atom stereocenters. The summed E-state index contributed by atoms with van der Waals surface area (Å²) >= 11 is 6.12. The molecule has 0 saturated heterocycles. The topological polar surface area (TPSA) is 65.4 Å². The molecule has 0 aliphatic heterocycles. The SMILES string of the molecule is COc1cccc2c1nc(N)n1nc(Cc3c(F)cccc3Cl)cc21. The van der Waals surface area contributed by atoms with Gasteiger partial charge in [-0.1, -0.05) is 29.8 Å². The van der Waals surface area contributed by atoms with E-state index < -0.39 is 0 Å². The quantitative estimate of drug-likeness (QED) is 0.605. The smallest absolute Gasteiger partial charge is 0.222 e. The molecule has 0 fully saturated rings. The number of hydrogen-bond donors (Lipinski definition) is 1. The van der Waals surface area contributed by atoms with Crippen LogP contribution in [0.25, 0.3) is 16.4 Å². The minimum atomic E-state index is -0.359. The number of benzene rings is 2. The summed E-state index contributed by atoms with van der Waals surface area (Å²) in [5.74, 6) is 0.506. The Labute approximate surface area is 147 Å². The molecule has 126 valence electrons. The molecule has 2 heterocycles. The summed E-state index contributed by atoms with van der Waals surface area (Å²) in [6, 6.07) is 12.1. The largest absolute Gasteiger partial charge is 0.494 e. The molecule has 0 bridgehead atoms. The monoisotopic (exact) mass is 356 g/mol. The fourth-order valence-electron chi connectivity index (χ4n) is 2.94. The fourth-order valence-corrected chi connectivity index (χ4v) is 3.17. The second-order valence-electron chi connectivity index (χ2n) is 5.64. The zero-order chi connectivity index (χ0) is 17.6. The lowest BCUT2D eigenvalue weighted by atomic mass is 10.1. The first kappa shape index (κ1) is 15.7. The summed E-state index contributed by atoms with van der Waals surface area (Å²) in [4.78, 5) is 4.38. The van der Waals surface area contributed by atoms with Crippen molar-refractivity contribution in [3.05, 3.63) is 64.6 Å². The van der Waals surface area contributed by atoms with E-state index in [1.807, 2.05) is 24.3 Å². The molecule has 0 aliphatic rings. The van der Waals surface area contributed by atoms with E-state index in [1.165, 1.54) is 6.07 Å². The van der Waals surface area contributed by atoms with Crippen molar-refractivity contribution >= 4 is 34.0 Å². The van der Waals surface area contributed by atoms with E-state index in [9.17, 15) is 4.39 Å². The molecule has 0 saturated carbocycles. The van der Waals surface area contributed by atoms with Crippen molar-refractivity contribution < 1.29 is 9.13 Å². The van der Waals surface area contributed by atoms with Gasteiger partial charge in [-0.2, -0.15) is 9.61 Å². The number of rotatable bonds is 3. The van der Waals surface area contributed by atoms with Gasteiger partial charge in [-0.3, -0.25) is 0 Å². The number of ether oxygens (including phenoxy) is 1. The van der Waals surface area contributed by atoms with Crippen molar-refractivity contribution in [1.29, 1.82) is 0 Å². The molecule has 5 nitrogen and oxygen atoms in total. The van der Waals surface area contributed by atoms with Crippen molar-refractivity contribution in [2.75, 3.05) is 12.8 Å². The number of nitrogens with two attached hydrogens (primary N) is 1. The predicted octanol–water partition coefficient (Wildman–Crippen LogP) is 3.86. The third-order valence-electron chi connectivity index (χ3n) is 4.12. The van der Waals surface area contributed by atoms with Crippen molar-refractivity contribution in [1.82, 2.24) is 14.6 Å². The highest BCUT2D eigenvalue weighted by Gasteiger charge is 2.15. The van der Waals surface area contributed by atoms with E-state index >= 15 is 0 Å². The van der Waals surface area contributed by atoms with Crippen LogP contribution < -0.4 is 10.5 Å². The van der Waals surface area contributed by atoms with Gasteiger partial charge in [0.2, 0.25) is 5.95 Å². The van der Waals surface area contributed by atoms with Crippen LogP contribution in [0.5, 0.6) is 5.75 Å². The van der Waals surface area contributed by atoms with Crippen LogP contribution in [0.1, 0.15) is 11.3 Å². The van der Waals surface area contributed by atoms with E-state index in [4.69, 9.17) is 22.1 Å². The highest BCUT2D eigenvalue weighted by molar-refractivity contribution is 6.31. The van der Waals surface area contributed by atoms with E-state index in [2.05, 4.69) is 10.1 Å². The molecule has 4 rings (SSSR count). The molecule has 2 aromatic heterocycles. The van der Waals surface area contributed by atoms with Gasteiger partial charge in [-0.15, -0.1) is 0 Å². The van der Waals surface area contributed by atoms with Crippen LogP contribution in [0.2, 0.25) is 5.02 Å². The van der Waals surface area contributed by atoms with Gasteiger partial charge in [0.05, 0.1) is 18.3 Å². The van der Waals surface area contributed by atoms with Gasteiger partial charge in [0, 0.05) is 22.4 Å². The number of hydrogen-bond acceptors (Lipinski definition) is 4. The maximum Gasteiger partial charge on any atom is 0.222 e. The van der Waals surface area contributed by atoms with Gasteiger partial charge in [-0.25, -0.2) is 9.37 Å². The van der Waals surface area contributed by atoms with Gasteiger partial charge >= 0.3 is 0 Å². The number of anilines is 1. The first-order chi connectivity index (χ1) is 12.1. The van der Waals surface area contributed by atoms with Crippen molar-refractivity contribution in [2.45, 2.75) is 6.42 Å². The third-order valence-corrected chi connectivity index (χ3v) is 4.47. The minimum absolute atomic E-state index is 0.234. The lowest BCUT2D eigenvalue weighted by molar-refractivity contribution is 0.419. The first-order valence-corrected chi connectivity index (χ1v) is 8.00. The molecular weight excluding hydrogens is 343 g/mol. The van der Waals surface area contributed by atoms with Crippen molar-refractivity contribution in [2.24, 2.45) is 0 Å². The Morgan fingerprint density at radius 3 is 2.80 bits per heavy atom. The number of para-hydroxylation sites is 1. The molecule has 0 spiro atoms. The van der Waals surface area contributed by atoms with Crippen LogP contribution in [-0.4, -0.2) is 21.7 Å². The number of aromatic nitrogens is 3. The maximum absolute atomic E-state index is 14.1. The summed E-state index contributed by atoms with van der Waals surface area (Å²) in [7, 11) is 1.58. The summed E-state index contributed by atoms with van der Waals surface area (Å²) in [6.45, 7) is 0. The zero-order valence-corrected chi connectivity index (χ0v) is 14.1. The maximum atomic E-state index is 14.1. The van der Waals surface area contributed by atoms with Crippen LogP contribution in [0.4, 0.5) is 10.3 Å². The predicted molar refractivity (Wildman–Crippen MR) is 95.7 cm³/mol. The fraction of sp³-hybridized carbons (Fsp3) is 0.111. The highest BCUT2D eigenvalue weighted by atomic mass is 35.5. The number of halogens is 2. The lowest BCUT2D eigenvalue weighted by Gasteiger charge is -2.07. The molecule has 2 N–H and O–H groups in total. The third kappa shape index (κ3) is 2.55. The summed E-state index contributed by atoms with van der Waals surface area (Å²) in [5.41, 5.74) is 8.54. The van der Waals surface area contributed by atoms with E-state index in [-0.39, 0.29) is 18.2 Å². The first-order valence-electron chi connectivity index (χ1n) is 7.62. The molecule has 0 aliphatic carbocycles. The van der Waals surface area contributed by atoms with Gasteiger partial charge < -0.3 is 10.5 Å². The second kappa shape index (κ2) is 5.89. The van der Waals surface area contributed by atoms with Gasteiger partial charge in [0.15, 0.2) is 0 Å². The molecule has 7 heteroatoms. The Balaban J connectivity index is 1.91. The van der Waals surface area contributed by atoms with E-state index in [0.717, 1.165) is 10.9 Å². The molecular formula is C18H14ClFN4O. The summed E-state index contributed by atoms with van der Waals surface area (Å²) in [6.07, 6.45) is 0.262. The second-order valence-corrected chi connectivity index (χ2v) is 6.04. The summed E-state index contributed by atoms with van der Waals surface area (Å²) in [5, 5.41) is 5.68. The Hall–Kier alpha value is -2.86. The van der Waals surface area contributed by atoms with Crippen LogP contribution in [0.15, 0.2) is 42.5 Å². The van der Waals surface area contributed by atoms with Crippen LogP contribution >= 0.6 is 11.6 Å². The van der Waals surface area contributed by atoms with Crippen molar-refractivity contribution in [3.8, 4) is 5.75 Å². The van der Waals surface area contributed by atoms with E-state index in [0.29, 0.717) is 27.5 Å². The Morgan fingerprint density at radius 1 is 1.24 bits per heavy atom. The van der Waals surface area contributed by atoms with Gasteiger partial charge in [0.25, 0.3) is 0 Å². The summed E-state index contributed by atoms with van der Waals surface area (Å²) < 4.78 is 20.9. The number of methoxy groups -OCH3 is 1. The van der Waals surface area contributed by atoms with Crippen molar-refractivity contribution in [3.63, 3.8) is 0 Å². The number of nitrogens with zero attached hydrogens (tertiary/aromatic N) is 3. The zero-order valence-electron chi connectivity index (χ0n) is 13.3. The van der Waals surface area contributed by atoms with E-state index in [1.54, 1.807) is 23.8 Å². The Morgan fingerprint density at radius 2 is 2.04 bits per heavy atom. The van der Waals surface area contributed by atoms with Gasteiger partial charge in [-0.05, 0) is 24.3 Å². The molecule has 0 unspecified atom stereocenters. The molecule has 4 aromatic rings. The van der Waals surface area contributed by atoms with Crippen LogP contribution in [-0.2, 0) is 6.42 Å². The standard InChI is InChI=1S/C18H14ClFN4O/c1-25-16-7-2-4-11-15-9-10(23-24(15)18(21)22-17(11)16)8-12-13(19)5-3-6-14(12)20/h2-7,9H,8H2,1H3,(H2,21,22). The number of fused-ring (bicyclic) bond motifs is 3. The van der Waals surface area contributed by atoms with Crippen LogP contribution in [0, 0.1) is 5.82 Å². The number of nitrogen functional groups attached to an aromatic ring is 1. The molecule has 2 aromatic carbocycles. The van der Waals surface area contributed by atoms with Gasteiger partial charge in [0.1, 0.15) is 17.1 Å². The molecule has 0 amide bonds. The molecule has 25 heavy (non-hydrogen) atoms. The molecule has 0 radical (unpaired) electrons. The Bertz CT molecular complexity index is 1090. The Kier molecular flexibility index (Phi) is 3.69. The normalized spacial score (nSPS) is 11.3. The minimum Gasteiger partial charge on any atom is -0.494 e.